The molecule has 1 aromatic rings. The Morgan fingerprint density at radius 1 is 1.53 bits per heavy atom. The van der Waals surface area contributed by atoms with Gasteiger partial charge in [0.05, 0.1) is 0 Å². The molecule has 102 valence electrons. The maximum Gasteiger partial charge on any atom is 0.354 e. The summed E-state index contributed by atoms with van der Waals surface area (Å²) in [6.45, 7) is 3.65. The largest absolute Gasteiger partial charge is 0.477 e. The summed E-state index contributed by atoms with van der Waals surface area (Å²) >= 11 is 0. The zero-order valence-electron chi connectivity index (χ0n) is 11.0. The first-order chi connectivity index (χ1) is 9.11. The first kappa shape index (κ1) is 13.5. The molecule has 1 fully saturated rings. The van der Waals surface area contributed by atoms with Crippen LogP contribution in [-0.4, -0.2) is 40.0 Å². The molecule has 0 bridgehead atoms. The second-order valence-corrected chi connectivity index (χ2v) is 4.90. The number of aromatic carboxylic acids is 1. The summed E-state index contributed by atoms with van der Waals surface area (Å²) in [7, 11) is 0. The van der Waals surface area contributed by atoms with E-state index in [0.717, 1.165) is 32.4 Å². The highest BCUT2D eigenvalue weighted by atomic mass is 16.4. The maximum atomic E-state index is 12.3. The van der Waals surface area contributed by atoms with Crippen molar-refractivity contribution in [3.63, 3.8) is 0 Å². The number of piperidine rings is 1. The van der Waals surface area contributed by atoms with Gasteiger partial charge in [0.2, 0.25) is 0 Å². The van der Waals surface area contributed by atoms with Gasteiger partial charge < -0.3 is 10.0 Å². The van der Waals surface area contributed by atoms with E-state index in [2.05, 4.69) is 11.9 Å². The highest BCUT2D eigenvalue weighted by molar-refractivity contribution is 5.96. The fraction of sp³-hybridized carbons (Fsp3) is 0.500. The molecule has 2 heterocycles. The van der Waals surface area contributed by atoms with Gasteiger partial charge in [0.15, 0.2) is 0 Å². The molecule has 1 N–H and O–H groups in total. The minimum absolute atomic E-state index is 0.0881. The highest BCUT2D eigenvalue weighted by Gasteiger charge is 2.24. The summed E-state index contributed by atoms with van der Waals surface area (Å²) in [4.78, 5) is 28.7. The molecule has 5 heteroatoms. The molecule has 1 atom stereocenters. The van der Waals surface area contributed by atoms with Crippen LogP contribution in [0.4, 0.5) is 0 Å². The van der Waals surface area contributed by atoms with Crippen molar-refractivity contribution in [1.82, 2.24) is 9.88 Å². The maximum absolute atomic E-state index is 12.3. The standard InChI is InChI=1S/C14H18N2O3/c1-2-10-4-3-7-16(9-10)13(17)11-5-6-15-12(8-11)14(18)19/h5-6,8,10H,2-4,7,9H2,1H3,(H,18,19). The van der Waals surface area contributed by atoms with Crippen LogP contribution in [0, 0.1) is 5.92 Å². The third kappa shape index (κ3) is 3.10. The molecule has 19 heavy (non-hydrogen) atoms. The quantitative estimate of drug-likeness (QED) is 0.905. The lowest BCUT2D eigenvalue weighted by Crippen LogP contribution is -2.39. The van der Waals surface area contributed by atoms with Crippen LogP contribution in [0.25, 0.3) is 0 Å². The zero-order chi connectivity index (χ0) is 13.8. The van der Waals surface area contributed by atoms with E-state index < -0.39 is 5.97 Å². The molecule has 1 aromatic heterocycles. The first-order valence-electron chi connectivity index (χ1n) is 6.60. The number of pyridine rings is 1. The second-order valence-electron chi connectivity index (χ2n) is 4.90. The molecular weight excluding hydrogens is 244 g/mol. The van der Waals surface area contributed by atoms with E-state index in [-0.39, 0.29) is 11.6 Å². The van der Waals surface area contributed by atoms with Gasteiger partial charge in [-0.1, -0.05) is 13.3 Å². The van der Waals surface area contributed by atoms with E-state index in [1.165, 1.54) is 12.3 Å². The van der Waals surface area contributed by atoms with Gasteiger partial charge in [0.1, 0.15) is 5.69 Å². The Balaban J connectivity index is 2.14. The number of carbonyl (C=O) groups excluding carboxylic acids is 1. The Morgan fingerprint density at radius 3 is 3.00 bits per heavy atom. The fourth-order valence-corrected chi connectivity index (χ4v) is 2.45. The minimum atomic E-state index is -1.11. The Labute approximate surface area is 112 Å². The van der Waals surface area contributed by atoms with Gasteiger partial charge in [-0.3, -0.25) is 4.79 Å². The molecule has 1 aliphatic rings. The van der Waals surface area contributed by atoms with Crippen molar-refractivity contribution in [1.29, 1.82) is 0 Å². The van der Waals surface area contributed by atoms with Crippen LogP contribution in [0.5, 0.6) is 0 Å². The molecule has 0 spiro atoms. The topological polar surface area (TPSA) is 70.5 Å². The molecule has 5 nitrogen and oxygen atoms in total. The number of rotatable bonds is 3. The van der Waals surface area contributed by atoms with E-state index in [1.807, 2.05) is 4.90 Å². The van der Waals surface area contributed by atoms with Crippen molar-refractivity contribution in [3.8, 4) is 0 Å². The molecule has 1 amide bonds. The molecule has 1 aliphatic heterocycles. The zero-order valence-corrected chi connectivity index (χ0v) is 11.0. The molecule has 2 rings (SSSR count). The van der Waals surface area contributed by atoms with Crippen LogP contribution in [0.2, 0.25) is 0 Å². The lowest BCUT2D eigenvalue weighted by Gasteiger charge is -2.32. The summed E-state index contributed by atoms with van der Waals surface area (Å²) in [5.74, 6) is -0.652. The Hall–Kier alpha value is -1.91. The van der Waals surface area contributed by atoms with Crippen molar-refractivity contribution in [2.75, 3.05) is 13.1 Å². The molecular formula is C14H18N2O3. The van der Waals surface area contributed by atoms with Gasteiger partial charge in [-0.25, -0.2) is 9.78 Å². The third-order valence-electron chi connectivity index (χ3n) is 3.61. The number of hydrogen-bond donors (Lipinski definition) is 1. The number of carboxylic acid groups (broad SMARTS) is 1. The van der Waals surface area contributed by atoms with Gasteiger partial charge in [-0.15, -0.1) is 0 Å². The van der Waals surface area contributed by atoms with Crippen LogP contribution >= 0.6 is 0 Å². The average molecular weight is 262 g/mol. The average Bonchev–Trinajstić information content (AvgIpc) is 2.46. The van der Waals surface area contributed by atoms with Crippen molar-refractivity contribution >= 4 is 11.9 Å². The van der Waals surface area contributed by atoms with E-state index in [1.54, 1.807) is 6.07 Å². The van der Waals surface area contributed by atoms with Crippen LogP contribution in [-0.2, 0) is 0 Å². The van der Waals surface area contributed by atoms with E-state index >= 15 is 0 Å². The number of likely N-dealkylation sites (tertiary alicyclic amines) is 1. The second kappa shape index (κ2) is 5.82. The molecule has 0 saturated carbocycles. The van der Waals surface area contributed by atoms with Gasteiger partial charge >= 0.3 is 5.97 Å². The smallest absolute Gasteiger partial charge is 0.354 e. The van der Waals surface area contributed by atoms with Gasteiger partial charge in [-0.05, 0) is 30.9 Å². The van der Waals surface area contributed by atoms with Crippen LogP contribution < -0.4 is 0 Å². The summed E-state index contributed by atoms with van der Waals surface area (Å²) < 4.78 is 0. The third-order valence-corrected chi connectivity index (χ3v) is 3.61. The predicted molar refractivity (Wildman–Crippen MR) is 70.1 cm³/mol. The predicted octanol–water partition coefficient (Wildman–Crippen LogP) is 2.04. The van der Waals surface area contributed by atoms with Crippen LogP contribution in [0.15, 0.2) is 18.3 Å². The molecule has 0 aromatic carbocycles. The van der Waals surface area contributed by atoms with Crippen LogP contribution in [0.3, 0.4) is 0 Å². The number of carboxylic acids is 1. The monoisotopic (exact) mass is 262 g/mol. The summed E-state index contributed by atoms with van der Waals surface area (Å²) in [5.41, 5.74) is 0.319. The van der Waals surface area contributed by atoms with Gasteiger partial charge in [0, 0.05) is 24.8 Å². The van der Waals surface area contributed by atoms with Gasteiger partial charge in [-0.2, -0.15) is 0 Å². The Morgan fingerprint density at radius 2 is 2.32 bits per heavy atom. The number of aromatic nitrogens is 1. The number of nitrogens with zero attached hydrogens (tertiary/aromatic N) is 2. The minimum Gasteiger partial charge on any atom is -0.477 e. The molecule has 0 aliphatic carbocycles. The number of hydrogen-bond acceptors (Lipinski definition) is 3. The van der Waals surface area contributed by atoms with E-state index in [0.29, 0.717) is 11.5 Å². The Kier molecular flexibility index (Phi) is 4.14. The normalized spacial score (nSPS) is 19.2. The van der Waals surface area contributed by atoms with Gasteiger partial charge in [0.25, 0.3) is 5.91 Å². The lowest BCUT2D eigenvalue weighted by molar-refractivity contribution is 0.0671. The first-order valence-corrected chi connectivity index (χ1v) is 6.60. The summed E-state index contributed by atoms with van der Waals surface area (Å²) in [6.07, 6.45) is 4.62. The van der Waals surface area contributed by atoms with Crippen molar-refractivity contribution < 1.29 is 14.7 Å². The highest BCUT2D eigenvalue weighted by Crippen LogP contribution is 2.20. The summed E-state index contributed by atoms with van der Waals surface area (Å²) in [6, 6.07) is 2.92. The van der Waals surface area contributed by atoms with E-state index in [9.17, 15) is 9.59 Å². The molecule has 1 unspecified atom stereocenters. The van der Waals surface area contributed by atoms with E-state index in [4.69, 9.17) is 5.11 Å². The SMILES string of the molecule is CCC1CCCN(C(=O)c2ccnc(C(=O)O)c2)C1. The number of carbonyl (C=O) groups is 2. The summed E-state index contributed by atoms with van der Waals surface area (Å²) in [5, 5.41) is 8.89. The number of amides is 1. The molecule has 0 radical (unpaired) electrons. The Bertz CT molecular complexity index is 487. The van der Waals surface area contributed by atoms with Crippen LogP contribution in [0.1, 0.15) is 47.0 Å². The van der Waals surface area contributed by atoms with Crippen molar-refractivity contribution in [2.24, 2.45) is 5.92 Å². The van der Waals surface area contributed by atoms with Crippen molar-refractivity contribution in [2.45, 2.75) is 26.2 Å². The van der Waals surface area contributed by atoms with Crippen molar-refractivity contribution in [3.05, 3.63) is 29.6 Å². The molecule has 1 saturated heterocycles. The fourth-order valence-electron chi connectivity index (χ4n) is 2.45. The lowest BCUT2D eigenvalue weighted by atomic mass is 9.95.